The van der Waals surface area contributed by atoms with Crippen molar-refractivity contribution in [1.29, 1.82) is 0 Å². The molecule has 0 spiro atoms. The number of benzene rings is 2. The average molecular weight is 266 g/mol. The van der Waals surface area contributed by atoms with Crippen LogP contribution in [0.1, 0.15) is 0 Å². The van der Waals surface area contributed by atoms with E-state index in [9.17, 15) is 8.42 Å². The fraction of sp³-hybridized carbons (Fsp3) is 0. The van der Waals surface area contributed by atoms with Gasteiger partial charge in [-0.1, -0.05) is 30.3 Å². The van der Waals surface area contributed by atoms with Crippen molar-refractivity contribution in [1.82, 2.24) is 0 Å². The Hall–Kier alpha value is -2.05. The summed E-state index contributed by atoms with van der Waals surface area (Å²) in [7, 11) is -4.16. The van der Waals surface area contributed by atoms with Crippen molar-refractivity contribution in [2.24, 2.45) is 0 Å². The van der Waals surface area contributed by atoms with Crippen LogP contribution in [0.15, 0.2) is 59.5 Å². The van der Waals surface area contributed by atoms with E-state index in [-0.39, 0.29) is 10.6 Å². The van der Waals surface area contributed by atoms with Crippen LogP contribution < -0.4 is 11.5 Å². The normalized spacial score (nSPS) is 10.3. The predicted molar refractivity (Wildman–Crippen MR) is 71.5 cm³/mol. The van der Waals surface area contributed by atoms with Gasteiger partial charge < -0.3 is 11.5 Å². The lowest BCUT2D eigenvalue weighted by Gasteiger charge is -1.98. The van der Waals surface area contributed by atoms with Crippen molar-refractivity contribution in [3.63, 3.8) is 0 Å². The maximum absolute atomic E-state index is 10.5. The molecule has 2 aromatic rings. The third-order valence-electron chi connectivity index (χ3n) is 2.00. The largest absolute Gasteiger partial charge is 0.399 e. The molecule has 0 fully saturated rings. The molecule has 0 saturated heterocycles. The summed E-state index contributed by atoms with van der Waals surface area (Å²) in [5.74, 6) is 0. The number of rotatable bonds is 1. The van der Waals surface area contributed by atoms with Gasteiger partial charge in [0, 0.05) is 5.69 Å². The van der Waals surface area contributed by atoms with Crippen molar-refractivity contribution in [2.45, 2.75) is 4.90 Å². The van der Waals surface area contributed by atoms with E-state index in [0.29, 0.717) is 0 Å². The summed E-state index contributed by atoms with van der Waals surface area (Å²) in [5, 5.41) is 0. The summed E-state index contributed by atoms with van der Waals surface area (Å²) in [5.41, 5.74) is 11.5. The van der Waals surface area contributed by atoms with Gasteiger partial charge in [0.1, 0.15) is 4.90 Å². The summed E-state index contributed by atoms with van der Waals surface area (Å²) in [6.07, 6.45) is 0. The second-order valence-corrected chi connectivity index (χ2v) is 4.81. The van der Waals surface area contributed by atoms with Crippen molar-refractivity contribution in [3.05, 3.63) is 54.6 Å². The van der Waals surface area contributed by atoms with E-state index in [0.717, 1.165) is 5.69 Å². The van der Waals surface area contributed by atoms with Crippen LogP contribution in [0.4, 0.5) is 11.4 Å². The first-order chi connectivity index (χ1) is 8.41. The zero-order chi connectivity index (χ0) is 13.6. The van der Waals surface area contributed by atoms with Gasteiger partial charge in [-0.2, -0.15) is 8.42 Å². The first-order valence-electron chi connectivity index (χ1n) is 5.04. The first-order valence-corrected chi connectivity index (χ1v) is 6.48. The van der Waals surface area contributed by atoms with Gasteiger partial charge in [0.25, 0.3) is 10.1 Å². The van der Waals surface area contributed by atoms with Crippen LogP contribution in [0.25, 0.3) is 0 Å². The molecule has 2 rings (SSSR count). The van der Waals surface area contributed by atoms with E-state index in [4.69, 9.17) is 16.0 Å². The Morgan fingerprint density at radius 3 is 1.67 bits per heavy atom. The van der Waals surface area contributed by atoms with Crippen molar-refractivity contribution in [3.8, 4) is 0 Å². The highest BCUT2D eigenvalue weighted by atomic mass is 32.2. The molecule has 0 bridgehead atoms. The SMILES string of the molecule is Nc1ccccc1.Nc1ccccc1S(=O)(=O)O. The molecule has 0 unspecified atom stereocenters. The molecule has 0 aliphatic carbocycles. The minimum Gasteiger partial charge on any atom is -0.399 e. The molecule has 6 heteroatoms. The van der Waals surface area contributed by atoms with Gasteiger partial charge in [-0.15, -0.1) is 0 Å². The van der Waals surface area contributed by atoms with E-state index in [2.05, 4.69) is 0 Å². The molecular formula is C12H14N2O3S. The Kier molecular flexibility index (Phi) is 4.70. The maximum atomic E-state index is 10.5. The van der Waals surface area contributed by atoms with Gasteiger partial charge in [-0.05, 0) is 24.3 Å². The number of para-hydroxylation sites is 2. The highest BCUT2D eigenvalue weighted by Gasteiger charge is 2.11. The van der Waals surface area contributed by atoms with E-state index in [1.54, 1.807) is 6.07 Å². The van der Waals surface area contributed by atoms with Crippen LogP contribution in [0.5, 0.6) is 0 Å². The quantitative estimate of drug-likeness (QED) is 0.539. The summed E-state index contributed by atoms with van der Waals surface area (Å²) in [6, 6.07) is 15.2. The van der Waals surface area contributed by atoms with Gasteiger partial charge in [0.2, 0.25) is 0 Å². The number of nitrogen functional groups attached to an aromatic ring is 2. The molecule has 5 N–H and O–H groups in total. The molecule has 0 aliphatic heterocycles. The topological polar surface area (TPSA) is 106 Å². The summed E-state index contributed by atoms with van der Waals surface area (Å²) in [4.78, 5) is -0.250. The Labute approximate surface area is 106 Å². The Balaban J connectivity index is 0.000000199. The number of nitrogens with two attached hydrogens (primary N) is 2. The highest BCUT2D eigenvalue weighted by molar-refractivity contribution is 7.86. The van der Waals surface area contributed by atoms with Crippen LogP contribution in [-0.2, 0) is 10.1 Å². The minimum atomic E-state index is -4.16. The standard InChI is InChI=1S/C6H7NO3S.C6H7N/c7-5-3-1-2-4-6(5)11(8,9)10;7-6-4-2-1-3-5-6/h1-4H,7H2,(H,8,9,10);1-5H,7H2. The predicted octanol–water partition coefficient (Wildman–Crippen LogP) is 1.78. The van der Waals surface area contributed by atoms with Crippen LogP contribution in [0.3, 0.4) is 0 Å². The molecule has 0 heterocycles. The Morgan fingerprint density at radius 1 is 0.833 bits per heavy atom. The van der Waals surface area contributed by atoms with Gasteiger partial charge in [-0.3, -0.25) is 4.55 Å². The third kappa shape index (κ3) is 4.44. The van der Waals surface area contributed by atoms with Crippen LogP contribution in [0.2, 0.25) is 0 Å². The molecule has 2 aromatic carbocycles. The lowest BCUT2D eigenvalue weighted by molar-refractivity contribution is 0.483. The number of hydrogen-bond acceptors (Lipinski definition) is 4. The fourth-order valence-corrected chi connectivity index (χ4v) is 1.78. The summed E-state index contributed by atoms with van der Waals surface area (Å²) < 4.78 is 29.6. The summed E-state index contributed by atoms with van der Waals surface area (Å²) in [6.45, 7) is 0. The minimum absolute atomic E-state index is 0.0509. The number of hydrogen-bond donors (Lipinski definition) is 3. The van der Waals surface area contributed by atoms with Gasteiger partial charge >= 0.3 is 0 Å². The lowest BCUT2D eigenvalue weighted by atomic mass is 10.3. The number of anilines is 2. The zero-order valence-corrected chi connectivity index (χ0v) is 10.3. The van der Waals surface area contributed by atoms with Gasteiger partial charge in [0.15, 0.2) is 0 Å². The fourth-order valence-electron chi connectivity index (χ4n) is 1.17. The van der Waals surface area contributed by atoms with E-state index in [1.165, 1.54) is 18.2 Å². The Bertz CT molecular complexity index is 598. The van der Waals surface area contributed by atoms with Crippen LogP contribution in [-0.4, -0.2) is 13.0 Å². The smallest absolute Gasteiger partial charge is 0.296 e. The van der Waals surface area contributed by atoms with Gasteiger partial charge in [0.05, 0.1) is 5.69 Å². The van der Waals surface area contributed by atoms with Crippen LogP contribution >= 0.6 is 0 Å². The molecule has 0 amide bonds. The van der Waals surface area contributed by atoms with Crippen molar-refractivity contribution < 1.29 is 13.0 Å². The highest BCUT2D eigenvalue weighted by Crippen LogP contribution is 2.15. The molecular weight excluding hydrogens is 252 g/mol. The first kappa shape index (κ1) is 14.0. The summed E-state index contributed by atoms with van der Waals surface area (Å²) >= 11 is 0. The van der Waals surface area contributed by atoms with E-state index < -0.39 is 10.1 Å². The molecule has 0 aromatic heterocycles. The van der Waals surface area contributed by atoms with E-state index in [1.807, 2.05) is 30.3 Å². The van der Waals surface area contributed by atoms with E-state index >= 15 is 0 Å². The molecule has 96 valence electrons. The molecule has 5 nitrogen and oxygen atoms in total. The zero-order valence-electron chi connectivity index (χ0n) is 9.52. The molecule has 18 heavy (non-hydrogen) atoms. The molecule has 0 atom stereocenters. The second kappa shape index (κ2) is 6.04. The van der Waals surface area contributed by atoms with Crippen LogP contribution in [0, 0.1) is 0 Å². The van der Waals surface area contributed by atoms with Crippen molar-refractivity contribution >= 4 is 21.5 Å². The second-order valence-electron chi connectivity index (χ2n) is 3.42. The molecule has 0 saturated carbocycles. The maximum Gasteiger partial charge on any atom is 0.296 e. The average Bonchev–Trinajstić information content (AvgIpc) is 2.30. The lowest BCUT2D eigenvalue weighted by Crippen LogP contribution is -2.01. The molecule has 0 aliphatic rings. The third-order valence-corrected chi connectivity index (χ3v) is 2.92. The van der Waals surface area contributed by atoms with Crippen molar-refractivity contribution in [2.75, 3.05) is 11.5 Å². The molecule has 0 radical (unpaired) electrons. The van der Waals surface area contributed by atoms with Gasteiger partial charge in [-0.25, -0.2) is 0 Å². The Morgan fingerprint density at radius 2 is 1.33 bits per heavy atom. The monoisotopic (exact) mass is 266 g/mol.